The van der Waals surface area contributed by atoms with Gasteiger partial charge >= 0.3 is 0 Å². The molecule has 1 aromatic heterocycles. The second-order valence-corrected chi connectivity index (χ2v) is 12.7. The van der Waals surface area contributed by atoms with Crippen molar-refractivity contribution >= 4 is 28.1 Å². The number of rotatable bonds is 6. The van der Waals surface area contributed by atoms with Gasteiger partial charge in [0, 0.05) is 54.4 Å². The zero-order valence-corrected chi connectivity index (χ0v) is 26.4. The van der Waals surface area contributed by atoms with Crippen LogP contribution >= 0.6 is 0 Å². The third-order valence-corrected chi connectivity index (χ3v) is 9.75. The Bertz CT molecular complexity index is 1690. The molecular weight excluding hydrogens is 574 g/mol. The Morgan fingerprint density at radius 2 is 1.91 bits per heavy atom. The van der Waals surface area contributed by atoms with Crippen molar-refractivity contribution in [1.29, 1.82) is 5.26 Å². The largest absolute Gasteiger partial charge is 0.475 e. The van der Waals surface area contributed by atoms with E-state index < -0.39 is 11.7 Å². The van der Waals surface area contributed by atoms with Gasteiger partial charge in [0.1, 0.15) is 24.1 Å². The highest BCUT2D eigenvalue weighted by atomic mass is 19.1. The van der Waals surface area contributed by atoms with Crippen molar-refractivity contribution in [3.63, 3.8) is 0 Å². The molecule has 0 spiro atoms. The van der Waals surface area contributed by atoms with E-state index in [9.17, 15) is 18.8 Å². The second kappa shape index (κ2) is 12.3. The minimum absolute atomic E-state index is 0.240. The summed E-state index contributed by atoms with van der Waals surface area (Å²) >= 11 is 0. The summed E-state index contributed by atoms with van der Waals surface area (Å²) in [5.74, 6) is -1.60. The van der Waals surface area contributed by atoms with Gasteiger partial charge in [0.25, 0.3) is 5.91 Å². The quantitative estimate of drug-likeness (QED) is 0.340. The molecule has 6 rings (SSSR count). The maximum atomic E-state index is 14.7. The second-order valence-electron chi connectivity index (χ2n) is 12.7. The van der Waals surface area contributed by atoms with E-state index in [0.29, 0.717) is 56.2 Å². The third-order valence-electron chi connectivity index (χ3n) is 9.75. The number of hydrogen-bond donors (Lipinski definition) is 0. The van der Waals surface area contributed by atoms with Crippen molar-refractivity contribution in [3.05, 3.63) is 70.9 Å². The first-order chi connectivity index (χ1) is 21.6. The van der Waals surface area contributed by atoms with Crippen LogP contribution in [0.2, 0.25) is 0 Å². The van der Waals surface area contributed by atoms with Crippen LogP contribution in [0.3, 0.4) is 0 Å². The van der Waals surface area contributed by atoms with Crippen LogP contribution in [0.25, 0.3) is 10.8 Å². The van der Waals surface area contributed by atoms with Crippen LogP contribution in [0.5, 0.6) is 5.88 Å². The average Bonchev–Trinajstić information content (AvgIpc) is 3.44. The van der Waals surface area contributed by atoms with Crippen LogP contribution in [0, 0.1) is 24.1 Å². The molecule has 10 heteroatoms. The van der Waals surface area contributed by atoms with Crippen LogP contribution in [0.4, 0.5) is 20.2 Å². The molecule has 2 saturated heterocycles. The van der Waals surface area contributed by atoms with Gasteiger partial charge in [-0.25, -0.2) is 13.8 Å². The van der Waals surface area contributed by atoms with Crippen LogP contribution < -0.4 is 14.5 Å². The molecule has 8 nitrogen and oxygen atoms in total. The number of amides is 1. The molecule has 1 unspecified atom stereocenters. The molecule has 0 radical (unpaired) electrons. The van der Waals surface area contributed by atoms with E-state index in [1.54, 1.807) is 0 Å². The molecule has 1 amide bonds. The smallest absolute Gasteiger partial charge is 0.282 e. The standard InChI is InChI=1S/C35H40F2N6O2/c1-21-17-42(18-22(2)43(21)35(44)24(4)36)33-27-13-15-41(31-10-6-8-25-11-12-29(37)23(3)32(25)31)19-30(27)39-34(28(33)16-38)45-20-26-9-7-14-40(26)5/h6,8,10-12,21-22,26H,4,7,9,13-15,17-20H2,1-3,5H3/t21-,22+,26?. The zero-order valence-electron chi connectivity index (χ0n) is 26.4. The van der Waals surface area contributed by atoms with Crippen molar-refractivity contribution in [1.82, 2.24) is 14.8 Å². The Hall–Kier alpha value is -4.23. The van der Waals surface area contributed by atoms with Crippen LogP contribution in [-0.4, -0.2) is 78.7 Å². The van der Waals surface area contributed by atoms with E-state index in [1.807, 2.05) is 45.0 Å². The maximum absolute atomic E-state index is 14.7. The number of carbonyl (C=O) groups excluding carboxylic acids is 1. The molecule has 2 fully saturated rings. The molecule has 3 aliphatic heterocycles. The van der Waals surface area contributed by atoms with Gasteiger partial charge < -0.3 is 24.3 Å². The van der Waals surface area contributed by atoms with Crippen molar-refractivity contribution in [2.45, 2.75) is 64.7 Å². The van der Waals surface area contributed by atoms with Gasteiger partial charge in [-0.2, -0.15) is 5.26 Å². The number of aryl methyl sites for hydroxylation is 1. The summed E-state index contributed by atoms with van der Waals surface area (Å²) in [4.78, 5) is 25.8. The molecule has 0 N–H and O–H groups in total. The number of nitriles is 1. The molecule has 236 valence electrons. The molecule has 4 heterocycles. The van der Waals surface area contributed by atoms with Crippen LogP contribution in [0.1, 0.15) is 49.1 Å². The van der Waals surface area contributed by atoms with Crippen molar-refractivity contribution in [3.8, 4) is 11.9 Å². The minimum atomic E-state index is -0.975. The highest BCUT2D eigenvalue weighted by molar-refractivity contribution is 5.97. The number of anilines is 2. The Labute approximate surface area is 263 Å². The first kappa shape index (κ1) is 30.8. The first-order valence-corrected chi connectivity index (χ1v) is 15.7. The fraction of sp³-hybridized carbons (Fsp3) is 0.457. The lowest BCUT2D eigenvalue weighted by Gasteiger charge is -2.46. The predicted octanol–water partition coefficient (Wildman–Crippen LogP) is 5.50. The average molecular weight is 615 g/mol. The number of aromatic nitrogens is 1. The number of benzene rings is 2. The maximum Gasteiger partial charge on any atom is 0.282 e. The van der Waals surface area contributed by atoms with Crippen molar-refractivity contribution in [2.75, 3.05) is 49.6 Å². The molecule has 3 atom stereocenters. The number of fused-ring (bicyclic) bond motifs is 2. The summed E-state index contributed by atoms with van der Waals surface area (Å²) in [6.45, 7) is 12.2. The van der Waals surface area contributed by atoms with Crippen molar-refractivity contribution < 1.29 is 18.3 Å². The minimum Gasteiger partial charge on any atom is -0.475 e. The normalized spacial score (nSPS) is 22.0. The topological polar surface area (TPSA) is 75.9 Å². The molecule has 3 aromatic rings. The number of likely N-dealkylation sites (tertiary alicyclic amines) is 1. The highest BCUT2D eigenvalue weighted by Crippen LogP contribution is 2.40. The number of hydrogen-bond acceptors (Lipinski definition) is 7. The van der Waals surface area contributed by atoms with Crippen LogP contribution in [-0.2, 0) is 17.8 Å². The Kier molecular flexibility index (Phi) is 8.40. The Balaban J connectivity index is 1.41. The number of ether oxygens (including phenoxy) is 1. The summed E-state index contributed by atoms with van der Waals surface area (Å²) < 4.78 is 35.0. The van der Waals surface area contributed by atoms with Crippen molar-refractivity contribution in [2.24, 2.45) is 0 Å². The van der Waals surface area contributed by atoms with E-state index in [4.69, 9.17) is 9.72 Å². The molecule has 0 aliphatic carbocycles. The van der Waals surface area contributed by atoms with Gasteiger partial charge in [-0.05, 0) is 76.7 Å². The van der Waals surface area contributed by atoms with E-state index >= 15 is 0 Å². The molecule has 3 aliphatic rings. The molecule has 2 aromatic carbocycles. The lowest BCUT2D eigenvalue weighted by Crippen LogP contribution is -2.59. The van der Waals surface area contributed by atoms with E-state index in [0.717, 1.165) is 52.8 Å². The number of nitrogens with zero attached hydrogens (tertiary/aromatic N) is 6. The first-order valence-electron chi connectivity index (χ1n) is 15.7. The molecule has 45 heavy (non-hydrogen) atoms. The van der Waals surface area contributed by atoms with Gasteiger partial charge in [-0.15, -0.1) is 0 Å². The summed E-state index contributed by atoms with van der Waals surface area (Å²) in [5, 5.41) is 12.4. The summed E-state index contributed by atoms with van der Waals surface area (Å²) in [7, 11) is 2.08. The third kappa shape index (κ3) is 5.59. The number of piperazine rings is 1. The number of carbonyl (C=O) groups is 1. The lowest BCUT2D eigenvalue weighted by molar-refractivity contribution is -0.133. The van der Waals surface area contributed by atoms with E-state index in [-0.39, 0.29) is 23.9 Å². The van der Waals surface area contributed by atoms with Gasteiger partial charge in [-0.3, -0.25) is 4.79 Å². The summed E-state index contributed by atoms with van der Waals surface area (Å²) in [6, 6.07) is 11.4. The summed E-state index contributed by atoms with van der Waals surface area (Å²) in [6.07, 6.45) is 2.74. The monoisotopic (exact) mass is 614 g/mol. The van der Waals surface area contributed by atoms with Gasteiger partial charge in [0.2, 0.25) is 5.88 Å². The van der Waals surface area contributed by atoms with Gasteiger partial charge in [0.05, 0.1) is 17.9 Å². The van der Waals surface area contributed by atoms with Crippen LogP contribution in [0.15, 0.2) is 42.7 Å². The van der Waals surface area contributed by atoms with Gasteiger partial charge in [0.15, 0.2) is 5.83 Å². The molecular formula is C35H40F2N6O2. The fourth-order valence-electron chi connectivity index (χ4n) is 7.48. The Morgan fingerprint density at radius 3 is 2.58 bits per heavy atom. The number of pyridine rings is 1. The molecule has 0 saturated carbocycles. The fourth-order valence-corrected chi connectivity index (χ4v) is 7.48. The van der Waals surface area contributed by atoms with E-state index in [1.165, 1.54) is 11.0 Å². The van der Waals surface area contributed by atoms with E-state index in [2.05, 4.69) is 34.4 Å². The lowest BCUT2D eigenvalue weighted by atomic mass is 9.95. The number of halogens is 2. The summed E-state index contributed by atoms with van der Waals surface area (Å²) in [5.41, 5.74) is 4.51. The number of likely N-dealkylation sites (N-methyl/N-ethyl adjacent to an activating group) is 1. The van der Waals surface area contributed by atoms with Gasteiger partial charge in [-0.1, -0.05) is 24.8 Å². The predicted molar refractivity (Wildman–Crippen MR) is 172 cm³/mol. The molecule has 0 bridgehead atoms. The SMILES string of the molecule is C=C(F)C(=O)N1[C@H](C)CN(c2c(C#N)c(OCC3CCCN3C)nc3c2CCN(c2cccc4ccc(F)c(C)c24)C3)C[C@@H]1C. The Morgan fingerprint density at radius 1 is 1.16 bits per heavy atom. The zero-order chi connectivity index (χ0) is 32.0. The highest BCUT2D eigenvalue weighted by Gasteiger charge is 2.38.